The van der Waals surface area contributed by atoms with Gasteiger partial charge in [0.25, 0.3) is 0 Å². The van der Waals surface area contributed by atoms with Gasteiger partial charge in [-0.2, -0.15) is 5.10 Å². The number of hydrogen-bond acceptors (Lipinski definition) is 19. The number of benzene rings is 3. The molecule has 3 aromatic carbocycles. The summed E-state index contributed by atoms with van der Waals surface area (Å²) in [6, 6.07) is 29.8. The first-order valence-electron chi connectivity index (χ1n) is 46.8. The standard InChI is InChI=1S/C11H13NO.2C10H16N2S.C8H9N.C7H5NO.C6H5N3.2C6H8N2S.5C5H12.8C2H6/c1-11(2,3)10-12-8-6-4-5-7-9(8)13-10;1-10(2,3)9-12-7-6-11-5-4-8(7)13-9;1-10(2,3)9-12-7-4-5-11-6-8(7)13-9;1-2-4-8-6-9-5-7(8)3-1;1-2-4-7-6(3-1)8-5-9-7;1-2-4-9-6(3-1)7-5-8-9;1-2-7-3-5-6(1)9-4-8-5;1-2-7-3-6-5(1)8-4-9-6;5*1-5(2,3)4;8*1-2/h4-7H,1-3H3;2*11H,4-6H2,1-3H3;1-4,9H,5-6H2;2*1-5H;2*4,7H,1-3H2;5*1-4H3;8*1-2H3. The molecule has 0 atom stereocenters. The highest BCUT2D eigenvalue weighted by atomic mass is 32.1. The summed E-state index contributed by atoms with van der Waals surface area (Å²) >= 11 is 7.29. The van der Waals surface area contributed by atoms with Crippen molar-refractivity contribution in [3.05, 3.63) is 190 Å². The van der Waals surface area contributed by atoms with E-state index in [1.807, 2.05) is 217 Å². The van der Waals surface area contributed by atoms with Crippen molar-refractivity contribution in [2.24, 2.45) is 27.1 Å². The van der Waals surface area contributed by atoms with Gasteiger partial charge in [0.2, 0.25) is 5.89 Å². The topological polar surface area (TPSA) is 194 Å². The van der Waals surface area contributed by atoms with E-state index in [1.165, 1.54) is 82.6 Å². The number of aromatic nitrogens is 9. The largest absolute Gasteiger partial charge is 0.443 e. The zero-order valence-corrected chi connectivity index (χ0v) is 91.7. The molecular weight excluding hydrogens is 1620 g/mol. The Morgan fingerprint density at radius 2 is 0.696 bits per heavy atom. The molecule has 0 aliphatic carbocycles. The normalized spacial score (nSPS) is 12.7. The van der Waals surface area contributed by atoms with Gasteiger partial charge in [0, 0.05) is 120 Å². The number of rotatable bonds is 0. The molecule has 0 unspecified atom stereocenters. The highest BCUT2D eigenvalue weighted by molar-refractivity contribution is 7.12. The van der Waals surface area contributed by atoms with Gasteiger partial charge in [0.1, 0.15) is 17.4 Å². The van der Waals surface area contributed by atoms with Gasteiger partial charge < -0.3 is 35.4 Å². The minimum absolute atomic E-state index is 0.0149. The van der Waals surface area contributed by atoms with E-state index < -0.39 is 0 Å². The summed E-state index contributed by atoms with van der Waals surface area (Å²) in [5, 5.41) is 23.1. The molecule has 16 nitrogen and oxygen atoms in total. The summed E-state index contributed by atoms with van der Waals surface area (Å²) in [4.78, 5) is 36.0. The van der Waals surface area contributed by atoms with Crippen LogP contribution in [0.3, 0.4) is 0 Å². The maximum atomic E-state index is 5.62. The molecule has 8 aromatic heterocycles. The first-order valence-corrected chi connectivity index (χ1v) is 50.2. The number of para-hydroxylation sites is 4. The van der Waals surface area contributed by atoms with Crippen LogP contribution >= 0.6 is 45.3 Å². The van der Waals surface area contributed by atoms with Gasteiger partial charge in [-0.15, -0.1) is 45.3 Å². The summed E-state index contributed by atoms with van der Waals surface area (Å²) in [5.74, 6) is 0.800. The maximum Gasteiger partial charge on any atom is 0.200 e. The van der Waals surface area contributed by atoms with Crippen molar-refractivity contribution in [3.8, 4) is 0 Å². The molecule has 0 radical (unpaired) electrons. The number of thiazole rings is 4. The van der Waals surface area contributed by atoms with Crippen molar-refractivity contribution in [2.75, 3.05) is 26.2 Å². The molecule has 20 heteroatoms. The number of nitrogens with one attached hydrogen (secondary N) is 5. The molecule has 0 fully saturated rings. The van der Waals surface area contributed by atoms with Crippen molar-refractivity contribution in [2.45, 2.75) is 393 Å². The van der Waals surface area contributed by atoms with E-state index in [1.54, 1.807) is 27.2 Å². The summed E-state index contributed by atoms with van der Waals surface area (Å²) in [6.45, 7) is 106. The van der Waals surface area contributed by atoms with Crippen LogP contribution in [0.15, 0.2) is 130 Å². The van der Waals surface area contributed by atoms with E-state index in [2.05, 4.69) is 287 Å². The smallest absolute Gasteiger partial charge is 0.200 e. The SMILES string of the molecule is CC.CC.CC.CC.CC.CC.CC.CC.CC(C)(C)C.CC(C)(C)C.CC(C)(C)C.CC(C)(C)C.CC(C)(C)C.CC(C)(C)c1nc2c(s1)CCNC2.CC(C)(C)c1nc2c(s1)CNCC2.CC(C)(C)c1nc2ccccc2o1.c1ccc2c(c1)CNC2.c1ccc2ocnc2c1.c1ccn2ncnc2c1.c1nc2c(s1)CCNC2.c1nc2c(s1)CNCC2. The summed E-state index contributed by atoms with van der Waals surface area (Å²) in [6.07, 6.45) is 9.38. The monoisotopic (exact) mass is 1810 g/mol. The van der Waals surface area contributed by atoms with E-state index in [9.17, 15) is 0 Å². The zero-order chi connectivity index (χ0) is 97.4. The second kappa shape index (κ2) is 69.5. The van der Waals surface area contributed by atoms with Gasteiger partial charge in [0.15, 0.2) is 23.2 Å². The van der Waals surface area contributed by atoms with Crippen LogP contribution < -0.4 is 26.6 Å². The fraction of sp³-hybridized carbons (Fsp3) is 0.638. The molecule has 16 rings (SSSR count). The Balaban J connectivity index is -0.000000415. The summed E-state index contributed by atoms with van der Waals surface area (Å²) in [5.41, 5.74) is 19.3. The lowest BCUT2D eigenvalue weighted by Gasteiger charge is -2.13. The third-order valence-electron chi connectivity index (χ3n) is 13.7. The van der Waals surface area contributed by atoms with Crippen molar-refractivity contribution in [3.63, 3.8) is 0 Å². The molecule has 0 saturated carbocycles. The zero-order valence-electron chi connectivity index (χ0n) is 88.4. The number of oxazole rings is 2. The predicted octanol–water partition coefficient (Wildman–Crippen LogP) is 31.2. The summed E-state index contributed by atoms with van der Waals surface area (Å²) < 4.78 is 12.4. The van der Waals surface area contributed by atoms with Crippen molar-refractivity contribution < 1.29 is 8.83 Å². The Hall–Kier alpha value is -6.46. The number of hydrogen-bond donors (Lipinski definition) is 5. The molecule has 714 valence electrons. The Labute approximate surface area is 783 Å². The van der Waals surface area contributed by atoms with Gasteiger partial charge in [-0.05, 0) is 87.4 Å². The van der Waals surface area contributed by atoms with Crippen LogP contribution in [0.25, 0.3) is 27.8 Å². The predicted molar refractivity (Wildman–Crippen MR) is 561 cm³/mol. The minimum Gasteiger partial charge on any atom is -0.443 e. The van der Waals surface area contributed by atoms with E-state index in [0.29, 0.717) is 27.1 Å². The lowest BCUT2D eigenvalue weighted by atomic mass is 9.97. The first-order chi connectivity index (χ1) is 58.5. The molecule has 125 heavy (non-hydrogen) atoms. The first kappa shape index (κ1) is 127. The Morgan fingerprint density at radius 3 is 1.12 bits per heavy atom. The average Bonchev–Trinajstić information content (AvgIpc) is 1.68. The van der Waals surface area contributed by atoms with E-state index in [-0.39, 0.29) is 16.2 Å². The molecule has 5 aliphatic heterocycles. The highest BCUT2D eigenvalue weighted by Gasteiger charge is 2.25. The van der Waals surface area contributed by atoms with Crippen LogP contribution in [0.1, 0.15) is 381 Å². The van der Waals surface area contributed by atoms with E-state index in [4.69, 9.17) is 13.8 Å². The van der Waals surface area contributed by atoms with Gasteiger partial charge in [-0.3, -0.25) is 0 Å². The third kappa shape index (κ3) is 66.6. The van der Waals surface area contributed by atoms with Crippen LogP contribution in [-0.2, 0) is 81.2 Å². The Kier molecular flexibility index (Phi) is 70.6. The van der Waals surface area contributed by atoms with Crippen molar-refractivity contribution >= 4 is 73.2 Å². The molecule has 0 spiro atoms. The second-order valence-electron chi connectivity index (χ2n) is 38.6. The molecule has 5 aliphatic rings. The minimum atomic E-state index is -0.0149. The summed E-state index contributed by atoms with van der Waals surface area (Å²) in [7, 11) is 0. The number of pyridine rings is 1. The van der Waals surface area contributed by atoms with Crippen LogP contribution in [-0.4, -0.2) is 70.7 Å². The van der Waals surface area contributed by atoms with E-state index >= 15 is 0 Å². The fourth-order valence-electron chi connectivity index (χ4n) is 8.99. The van der Waals surface area contributed by atoms with Gasteiger partial charge in [-0.25, -0.2) is 39.4 Å². The van der Waals surface area contributed by atoms with Gasteiger partial charge in [0.05, 0.1) is 43.8 Å². The van der Waals surface area contributed by atoms with E-state index in [0.717, 1.165) is 118 Å². The fourth-order valence-corrected chi connectivity index (χ4v) is 12.8. The molecular formula is C105H188N14O2S4. The number of fused-ring (bicyclic) bond motifs is 8. The Morgan fingerprint density at radius 1 is 0.320 bits per heavy atom. The highest BCUT2D eigenvalue weighted by Crippen LogP contribution is 2.33. The van der Waals surface area contributed by atoms with Gasteiger partial charge in [-0.1, -0.05) is 366 Å². The van der Waals surface area contributed by atoms with Crippen LogP contribution in [0.2, 0.25) is 0 Å². The lowest BCUT2D eigenvalue weighted by molar-refractivity contribution is 0.411. The quantitative estimate of drug-likeness (QED) is 0.0962. The second-order valence-corrected chi connectivity index (χ2v) is 42.7. The molecule has 5 N–H and O–H groups in total. The molecule has 0 amide bonds. The lowest BCUT2D eigenvalue weighted by Crippen LogP contribution is -2.22. The van der Waals surface area contributed by atoms with Crippen LogP contribution in [0, 0.1) is 27.1 Å². The van der Waals surface area contributed by atoms with Crippen molar-refractivity contribution in [1.82, 2.24) is 71.1 Å². The average molecular weight is 1810 g/mol. The molecule has 0 bridgehead atoms. The van der Waals surface area contributed by atoms with Gasteiger partial charge >= 0.3 is 0 Å². The molecule has 0 saturated heterocycles. The maximum absolute atomic E-state index is 5.62. The van der Waals surface area contributed by atoms with Crippen LogP contribution in [0.4, 0.5) is 0 Å². The van der Waals surface area contributed by atoms with Crippen LogP contribution in [0.5, 0.6) is 0 Å². The Bertz CT molecular complexity index is 3810. The molecule has 13 heterocycles. The van der Waals surface area contributed by atoms with Crippen molar-refractivity contribution in [1.29, 1.82) is 0 Å². The third-order valence-corrected chi connectivity index (χ3v) is 18.6. The molecule has 11 aromatic rings. The number of nitrogens with zero attached hydrogens (tertiary/aromatic N) is 9.